The fraction of sp³-hybridized carbons (Fsp3) is 0.423. The molecule has 2 aliphatic rings. The van der Waals surface area contributed by atoms with Crippen LogP contribution in [0.2, 0.25) is 0 Å². The Morgan fingerprint density at radius 2 is 1.90 bits per heavy atom. The van der Waals surface area contributed by atoms with Gasteiger partial charge < -0.3 is 19.3 Å². The Labute approximate surface area is 183 Å². The van der Waals surface area contributed by atoms with E-state index in [4.69, 9.17) is 4.74 Å². The van der Waals surface area contributed by atoms with Gasteiger partial charge in [-0.1, -0.05) is 25.3 Å². The van der Waals surface area contributed by atoms with Gasteiger partial charge in [-0.15, -0.1) is 0 Å². The van der Waals surface area contributed by atoms with Gasteiger partial charge in [0.05, 0.1) is 17.9 Å². The van der Waals surface area contributed by atoms with Gasteiger partial charge in [0, 0.05) is 48.4 Å². The van der Waals surface area contributed by atoms with Gasteiger partial charge in [0.25, 0.3) is 0 Å². The van der Waals surface area contributed by atoms with E-state index in [0.717, 1.165) is 24.4 Å². The second-order valence-corrected chi connectivity index (χ2v) is 8.82. The maximum Gasteiger partial charge on any atom is 0.335 e. The van der Waals surface area contributed by atoms with Crippen LogP contribution in [0.5, 0.6) is 5.75 Å². The summed E-state index contributed by atoms with van der Waals surface area (Å²) in [4.78, 5) is 14.0. The minimum absolute atomic E-state index is 0.354. The molecule has 1 fully saturated rings. The van der Waals surface area contributed by atoms with E-state index in [0.29, 0.717) is 18.1 Å². The molecular weight excluding hydrogens is 388 g/mol. The van der Waals surface area contributed by atoms with Crippen molar-refractivity contribution in [2.75, 3.05) is 25.1 Å². The molecule has 1 N–H and O–H groups in total. The van der Waals surface area contributed by atoms with Crippen molar-refractivity contribution in [3.05, 3.63) is 47.5 Å². The summed E-state index contributed by atoms with van der Waals surface area (Å²) < 4.78 is 8.17. The molecule has 31 heavy (non-hydrogen) atoms. The van der Waals surface area contributed by atoms with Gasteiger partial charge in [-0.25, -0.2) is 4.79 Å². The van der Waals surface area contributed by atoms with Crippen LogP contribution >= 0.6 is 0 Å². The first-order valence-corrected chi connectivity index (χ1v) is 11.5. The third kappa shape index (κ3) is 3.36. The first-order chi connectivity index (χ1) is 15.1. The summed E-state index contributed by atoms with van der Waals surface area (Å²) in [6, 6.07) is 12.1. The molecule has 0 saturated heterocycles. The highest BCUT2D eigenvalue weighted by molar-refractivity contribution is 5.99. The summed E-state index contributed by atoms with van der Waals surface area (Å²) in [5.74, 6) is 0.542. The normalized spacial score (nSPS) is 16.6. The molecule has 5 rings (SSSR count). The van der Waals surface area contributed by atoms with E-state index in [1.165, 1.54) is 60.0 Å². The van der Waals surface area contributed by atoms with Crippen LogP contribution in [0.3, 0.4) is 0 Å². The van der Waals surface area contributed by atoms with Crippen LogP contribution in [0.1, 0.15) is 60.9 Å². The number of ether oxygens (including phenoxy) is 1. The second-order valence-electron chi connectivity index (χ2n) is 8.82. The lowest BCUT2D eigenvalue weighted by molar-refractivity contribution is 0.0697. The van der Waals surface area contributed by atoms with Crippen LogP contribution in [0.4, 0.5) is 5.69 Å². The van der Waals surface area contributed by atoms with Gasteiger partial charge >= 0.3 is 5.97 Å². The van der Waals surface area contributed by atoms with E-state index in [-0.39, 0.29) is 0 Å². The van der Waals surface area contributed by atoms with Crippen LogP contribution < -0.4 is 9.64 Å². The largest absolute Gasteiger partial charge is 0.494 e. The molecule has 5 nitrogen and oxygen atoms in total. The molecule has 0 atom stereocenters. The number of hydrogen-bond donors (Lipinski definition) is 1. The zero-order chi connectivity index (χ0) is 21.5. The van der Waals surface area contributed by atoms with Crippen LogP contribution in [0.25, 0.3) is 22.2 Å². The number of carboxylic acids is 1. The lowest BCUT2D eigenvalue weighted by atomic mass is 9.81. The number of aromatic nitrogens is 1. The van der Waals surface area contributed by atoms with Gasteiger partial charge in [0.2, 0.25) is 0 Å². The molecule has 0 radical (unpaired) electrons. The number of fused-ring (bicyclic) bond motifs is 5. The van der Waals surface area contributed by atoms with Crippen LogP contribution in [0.15, 0.2) is 36.4 Å². The Balaban J connectivity index is 1.80. The molecule has 0 bridgehead atoms. The number of aromatic carboxylic acids is 1. The minimum Gasteiger partial charge on any atom is -0.494 e. The topological polar surface area (TPSA) is 54.7 Å². The van der Waals surface area contributed by atoms with Gasteiger partial charge in [-0.2, -0.15) is 0 Å². The number of likely N-dealkylation sites (N-methyl/N-ethyl adjacent to an activating group) is 1. The van der Waals surface area contributed by atoms with Crippen molar-refractivity contribution in [1.82, 2.24) is 4.57 Å². The number of nitrogens with zero attached hydrogens (tertiary/aromatic N) is 2. The standard InChI is InChI=1S/C26H30N2O3/c1-3-31-19-10-12-21-22(16-19)27(2)13-14-28-23-15-18(26(29)30)9-11-20(23)24(25(21)28)17-7-5-4-6-8-17/h9-12,15-17H,3-8,13-14H2,1-2H3,(H,29,30). The molecule has 2 aromatic carbocycles. The molecule has 0 unspecified atom stereocenters. The molecule has 3 aromatic rings. The fourth-order valence-electron chi connectivity index (χ4n) is 5.49. The molecular formula is C26H30N2O3. The van der Waals surface area contributed by atoms with E-state index >= 15 is 0 Å². The van der Waals surface area contributed by atoms with E-state index < -0.39 is 5.97 Å². The number of benzene rings is 2. The van der Waals surface area contributed by atoms with Crippen molar-refractivity contribution in [2.45, 2.75) is 51.5 Å². The van der Waals surface area contributed by atoms with Gasteiger partial charge in [-0.3, -0.25) is 0 Å². The molecule has 5 heteroatoms. The molecule has 0 spiro atoms. The summed E-state index contributed by atoms with van der Waals surface area (Å²) in [6.45, 7) is 4.35. The van der Waals surface area contributed by atoms with Crippen molar-refractivity contribution in [3.8, 4) is 17.0 Å². The highest BCUT2D eigenvalue weighted by Gasteiger charge is 2.30. The molecule has 1 aliphatic heterocycles. The fourth-order valence-corrected chi connectivity index (χ4v) is 5.49. The number of hydrogen-bond acceptors (Lipinski definition) is 3. The smallest absolute Gasteiger partial charge is 0.335 e. The number of carbonyl (C=O) groups is 1. The van der Waals surface area contributed by atoms with Crippen molar-refractivity contribution in [3.63, 3.8) is 0 Å². The van der Waals surface area contributed by atoms with Gasteiger partial charge in [-0.05, 0) is 55.5 Å². The Morgan fingerprint density at radius 1 is 1.10 bits per heavy atom. The summed E-state index contributed by atoms with van der Waals surface area (Å²) in [5.41, 5.74) is 6.48. The van der Waals surface area contributed by atoms with E-state index in [1.54, 1.807) is 6.07 Å². The third-order valence-corrected chi connectivity index (χ3v) is 6.97. The van der Waals surface area contributed by atoms with Crippen molar-refractivity contribution in [2.24, 2.45) is 0 Å². The number of anilines is 1. The quantitative estimate of drug-likeness (QED) is 0.573. The second kappa shape index (κ2) is 7.95. The van der Waals surface area contributed by atoms with E-state index in [1.807, 2.05) is 19.1 Å². The lowest BCUT2D eigenvalue weighted by Gasteiger charge is -2.24. The highest BCUT2D eigenvalue weighted by atomic mass is 16.5. The molecule has 0 amide bonds. The van der Waals surface area contributed by atoms with Crippen LogP contribution in [-0.4, -0.2) is 35.8 Å². The van der Waals surface area contributed by atoms with Crippen molar-refractivity contribution in [1.29, 1.82) is 0 Å². The highest BCUT2D eigenvalue weighted by Crippen LogP contribution is 2.47. The average molecular weight is 419 g/mol. The first kappa shape index (κ1) is 20.0. The third-order valence-electron chi connectivity index (χ3n) is 6.97. The van der Waals surface area contributed by atoms with Crippen LogP contribution in [-0.2, 0) is 6.54 Å². The Bertz CT molecular complexity index is 1140. The number of rotatable bonds is 4. The van der Waals surface area contributed by atoms with E-state index in [9.17, 15) is 9.90 Å². The van der Waals surface area contributed by atoms with E-state index in [2.05, 4.69) is 34.7 Å². The zero-order valence-electron chi connectivity index (χ0n) is 18.4. The van der Waals surface area contributed by atoms with Crippen molar-refractivity contribution >= 4 is 22.6 Å². The molecule has 1 aromatic heterocycles. The predicted octanol–water partition coefficient (Wildman–Crippen LogP) is 5.90. The maximum absolute atomic E-state index is 11.7. The first-order valence-electron chi connectivity index (χ1n) is 11.5. The summed E-state index contributed by atoms with van der Waals surface area (Å²) in [5, 5.41) is 10.8. The summed E-state index contributed by atoms with van der Waals surface area (Å²) in [7, 11) is 2.13. The Kier molecular flexibility index (Phi) is 5.12. The predicted molar refractivity (Wildman–Crippen MR) is 125 cm³/mol. The van der Waals surface area contributed by atoms with Crippen molar-refractivity contribution < 1.29 is 14.6 Å². The van der Waals surface area contributed by atoms with Crippen LogP contribution in [0, 0.1) is 0 Å². The SMILES string of the molecule is CCOc1ccc2c(c1)N(C)CCn1c-2c(C2CCCCC2)c2ccc(C(=O)O)cc21. The maximum atomic E-state index is 11.7. The molecule has 1 aliphatic carbocycles. The lowest BCUT2D eigenvalue weighted by Crippen LogP contribution is -2.20. The average Bonchev–Trinajstić information content (AvgIpc) is 3.03. The Morgan fingerprint density at radius 3 is 2.65 bits per heavy atom. The molecule has 2 heterocycles. The Hall–Kier alpha value is -2.95. The monoisotopic (exact) mass is 418 g/mol. The number of carboxylic acid groups (broad SMARTS) is 1. The van der Waals surface area contributed by atoms with Gasteiger partial charge in [0.1, 0.15) is 5.75 Å². The molecule has 162 valence electrons. The zero-order valence-corrected chi connectivity index (χ0v) is 18.4. The minimum atomic E-state index is -0.871. The summed E-state index contributed by atoms with van der Waals surface area (Å²) in [6.07, 6.45) is 6.24. The van der Waals surface area contributed by atoms with Gasteiger partial charge in [0.15, 0.2) is 0 Å². The summed E-state index contributed by atoms with van der Waals surface area (Å²) >= 11 is 0. The molecule has 1 saturated carbocycles.